The van der Waals surface area contributed by atoms with E-state index in [0.717, 1.165) is 23.9 Å². The number of hydrogen-bond donors (Lipinski definition) is 1. The van der Waals surface area contributed by atoms with Gasteiger partial charge in [0.2, 0.25) is 5.96 Å². The number of esters is 1. The second-order valence-corrected chi connectivity index (χ2v) is 9.18. The molecular weight excluding hydrogens is 556 g/mol. The maximum Gasteiger partial charge on any atom is 0.416 e. The molecule has 0 amide bonds. The van der Waals surface area contributed by atoms with Crippen LogP contribution in [0.4, 0.5) is 34.6 Å². The fraction of sp³-hybridized carbons (Fsp3) is 0.267. The van der Waals surface area contributed by atoms with Crippen LogP contribution < -0.4 is 19.7 Å². The van der Waals surface area contributed by atoms with Crippen LogP contribution in [0.3, 0.4) is 0 Å². The Hall–Kier alpha value is -4.74. The van der Waals surface area contributed by atoms with Gasteiger partial charge in [0.15, 0.2) is 0 Å². The van der Waals surface area contributed by atoms with Crippen LogP contribution in [0.15, 0.2) is 71.7 Å². The van der Waals surface area contributed by atoms with Gasteiger partial charge in [0.25, 0.3) is 0 Å². The monoisotopic (exact) mass is 586 g/mol. The molecule has 4 rings (SSSR count). The van der Waals surface area contributed by atoms with E-state index in [1.165, 1.54) is 38.5 Å². The Morgan fingerprint density at radius 2 is 1.69 bits per heavy atom. The third-order valence-electron chi connectivity index (χ3n) is 6.61. The Balaban J connectivity index is 1.73. The summed E-state index contributed by atoms with van der Waals surface area (Å²) in [6.45, 7) is 1.90. The topological polar surface area (TPSA) is 75.6 Å². The molecular formula is C30H30F4N4O4. The van der Waals surface area contributed by atoms with E-state index in [9.17, 15) is 18.0 Å². The van der Waals surface area contributed by atoms with Crippen LogP contribution in [-0.4, -0.2) is 64.3 Å². The number of nitrogens with zero attached hydrogens (tertiary/aromatic N) is 3. The fourth-order valence-corrected chi connectivity index (χ4v) is 4.38. The molecule has 0 saturated carbocycles. The molecule has 1 heterocycles. The number of halogens is 4. The number of methoxy groups -OCH3 is 3. The minimum atomic E-state index is -4.60. The van der Waals surface area contributed by atoms with Crippen molar-refractivity contribution in [3.63, 3.8) is 0 Å². The number of alkyl halides is 3. The van der Waals surface area contributed by atoms with Gasteiger partial charge in [-0.15, -0.1) is 0 Å². The molecule has 3 aromatic carbocycles. The van der Waals surface area contributed by atoms with Crippen LogP contribution in [0, 0.1) is 5.82 Å². The van der Waals surface area contributed by atoms with E-state index in [2.05, 4.69) is 19.9 Å². The second kappa shape index (κ2) is 13.3. The molecule has 0 aromatic heterocycles. The van der Waals surface area contributed by atoms with Crippen molar-refractivity contribution in [2.24, 2.45) is 4.99 Å². The summed E-state index contributed by atoms with van der Waals surface area (Å²) < 4.78 is 71.1. The van der Waals surface area contributed by atoms with Crippen molar-refractivity contribution in [2.45, 2.75) is 6.18 Å². The van der Waals surface area contributed by atoms with E-state index in [4.69, 9.17) is 9.47 Å². The normalized spacial score (nSPS) is 14.2. The number of benzene rings is 3. The minimum Gasteiger partial charge on any atom is -0.497 e. The highest BCUT2D eigenvalue weighted by atomic mass is 19.4. The lowest BCUT2D eigenvalue weighted by Crippen LogP contribution is -2.50. The van der Waals surface area contributed by atoms with Crippen molar-refractivity contribution in [3.05, 3.63) is 83.7 Å². The Labute approximate surface area is 240 Å². The average Bonchev–Trinajstić information content (AvgIpc) is 3.00. The maximum atomic E-state index is 15.1. The van der Waals surface area contributed by atoms with Gasteiger partial charge >= 0.3 is 12.1 Å². The number of carbonyl (C=O) groups is 1. The number of hydrogen-bond acceptors (Lipinski definition) is 6. The largest absolute Gasteiger partial charge is 0.497 e. The van der Waals surface area contributed by atoms with E-state index in [0.29, 0.717) is 31.9 Å². The number of aliphatic imine (C=N–C) groups is 1. The number of piperazine rings is 1. The number of para-hydroxylation sites is 1. The zero-order chi connectivity index (χ0) is 30.3. The van der Waals surface area contributed by atoms with E-state index >= 15 is 4.39 Å². The predicted molar refractivity (Wildman–Crippen MR) is 153 cm³/mol. The van der Waals surface area contributed by atoms with Crippen molar-refractivity contribution in [2.75, 3.05) is 57.7 Å². The van der Waals surface area contributed by atoms with Crippen molar-refractivity contribution < 1.29 is 36.6 Å². The molecule has 0 bridgehead atoms. The van der Waals surface area contributed by atoms with E-state index in [1.54, 1.807) is 13.2 Å². The third kappa shape index (κ3) is 7.31. The molecule has 0 unspecified atom stereocenters. The first kappa shape index (κ1) is 30.2. The second-order valence-electron chi connectivity index (χ2n) is 9.18. The molecule has 222 valence electrons. The smallest absolute Gasteiger partial charge is 0.416 e. The zero-order valence-corrected chi connectivity index (χ0v) is 23.2. The van der Waals surface area contributed by atoms with Crippen LogP contribution in [0.25, 0.3) is 6.08 Å². The van der Waals surface area contributed by atoms with Gasteiger partial charge in [0.1, 0.15) is 23.0 Å². The number of anilines is 2. The average molecular weight is 587 g/mol. The molecule has 1 aliphatic rings. The van der Waals surface area contributed by atoms with Crippen LogP contribution in [-0.2, 0) is 15.7 Å². The summed E-state index contributed by atoms with van der Waals surface area (Å²) in [5.41, 5.74) is 0.223. The summed E-state index contributed by atoms with van der Waals surface area (Å²) in [5, 5.41) is 2.96. The number of rotatable bonds is 7. The molecule has 1 saturated heterocycles. The van der Waals surface area contributed by atoms with Gasteiger partial charge in [-0.05, 0) is 42.5 Å². The highest BCUT2D eigenvalue weighted by Gasteiger charge is 2.32. The van der Waals surface area contributed by atoms with Gasteiger partial charge in [-0.3, -0.25) is 0 Å². The Kier molecular flexibility index (Phi) is 9.56. The highest BCUT2D eigenvalue weighted by Crippen LogP contribution is 2.35. The summed E-state index contributed by atoms with van der Waals surface area (Å²) >= 11 is 0. The van der Waals surface area contributed by atoms with Gasteiger partial charge in [0, 0.05) is 49.6 Å². The molecule has 8 nitrogen and oxygen atoms in total. The molecule has 3 aromatic rings. The number of carbonyl (C=O) groups excluding carboxylic acids is 1. The van der Waals surface area contributed by atoms with Crippen LogP contribution >= 0.6 is 0 Å². The van der Waals surface area contributed by atoms with Gasteiger partial charge in [-0.25, -0.2) is 14.2 Å². The molecule has 0 radical (unpaired) electrons. The summed E-state index contributed by atoms with van der Waals surface area (Å²) in [5.74, 6) is -0.370. The zero-order valence-electron chi connectivity index (χ0n) is 23.2. The lowest BCUT2D eigenvalue weighted by Gasteiger charge is -2.38. The first-order valence-electron chi connectivity index (χ1n) is 12.9. The fourth-order valence-electron chi connectivity index (χ4n) is 4.38. The lowest BCUT2D eigenvalue weighted by molar-refractivity contribution is -0.137. The molecule has 1 N–H and O–H groups in total. The van der Waals surface area contributed by atoms with Gasteiger partial charge < -0.3 is 29.3 Å². The Morgan fingerprint density at radius 3 is 2.36 bits per heavy atom. The third-order valence-corrected chi connectivity index (χ3v) is 6.61. The number of nitrogens with one attached hydrogen (secondary N) is 1. The highest BCUT2D eigenvalue weighted by molar-refractivity contribution is 5.98. The molecule has 0 aliphatic carbocycles. The Bertz CT molecular complexity index is 1470. The first-order chi connectivity index (χ1) is 20.1. The Morgan fingerprint density at radius 1 is 0.952 bits per heavy atom. The SMILES string of the molecule is COC(=O)/C=C\c1cccc(F)c1N=C(Nc1cc(C(F)(F)F)ccc1OC)N1CCN(c2cccc(OC)c2)CC1. The van der Waals surface area contributed by atoms with Crippen LogP contribution in [0.2, 0.25) is 0 Å². The van der Waals surface area contributed by atoms with E-state index in [-0.39, 0.29) is 28.6 Å². The minimum absolute atomic E-state index is 0.00397. The maximum absolute atomic E-state index is 15.1. The quantitative estimate of drug-likeness (QED) is 0.120. The molecule has 1 fully saturated rings. The predicted octanol–water partition coefficient (Wildman–Crippen LogP) is 5.97. The first-order valence-corrected chi connectivity index (χ1v) is 12.9. The number of guanidine groups is 1. The standard InChI is InChI=1S/C30H30F4N4O4/c1-40-23-8-5-7-22(19-23)37-14-16-38(17-15-37)29(35-25-18-21(30(32,33)34)11-12-26(25)41-2)36-28-20(6-4-9-24(28)31)10-13-27(39)42-3/h4-13,18-19H,14-17H2,1-3H3,(H,35,36)/b13-10-. The molecule has 1 aliphatic heterocycles. The van der Waals surface area contributed by atoms with Crippen molar-refractivity contribution in [1.29, 1.82) is 0 Å². The van der Waals surface area contributed by atoms with Crippen molar-refractivity contribution in [1.82, 2.24) is 4.90 Å². The van der Waals surface area contributed by atoms with Gasteiger partial charge in [-0.2, -0.15) is 13.2 Å². The number of ether oxygens (including phenoxy) is 3. The van der Waals surface area contributed by atoms with E-state index in [1.807, 2.05) is 29.2 Å². The van der Waals surface area contributed by atoms with Gasteiger partial charge in [0.05, 0.1) is 32.6 Å². The summed E-state index contributed by atoms with van der Waals surface area (Å²) in [6, 6.07) is 14.9. The summed E-state index contributed by atoms with van der Waals surface area (Å²) in [6.07, 6.45) is -2.11. The lowest BCUT2D eigenvalue weighted by atomic mass is 10.1. The summed E-state index contributed by atoms with van der Waals surface area (Å²) in [4.78, 5) is 20.2. The summed E-state index contributed by atoms with van der Waals surface area (Å²) in [7, 11) is 4.14. The molecule has 12 heteroatoms. The molecule has 42 heavy (non-hydrogen) atoms. The van der Waals surface area contributed by atoms with Crippen LogP contribution in [0.1, 0.15) is 11.1 Å². The van der Waals surface area contributed by atoms with Crippen molar-refractivity contribution in [3.8, 4) is 11.5 Å². The van der Waals surface area contributed by atoms with Crippen molar-refractivity contribution >= 4 is 35.1 Å². The molecule has 0 spiro atoms. The molecule has 0 atom stereocenters. The van der Waals surface area contributed by atoms with Crippen LogP contribution in [0.5, 0.6) is 11.5 Å². The van der Waals surface area contributed by atoms with Gasteiger partial charge in [-0.1, -0.05) is 18.2 Å². The van der Waals surface area contributed by atoms with E-state index < -0.39 is 23.5 Å².